The van der Waals surface area contributed by atoms with Gasteiger partial charge in [0, 0.05) is 6.42 Å². The van der Waals surface area contributed by atoms with Gasteiger partial charge in [0.25, 0.3) is 0 Å². The second kappa shape index (κ2) is 9.80. The first-order valence-electron chi connectivity index (χ1n) is 8.29. The maximum Gasteiger partial charge on any atom is 0.349 e. The van der Waals surface area contributed by atoms with Crippen LogP contribution in [0.5, 0.6) is 5.75 Å². The fourth-order valence-electron chi connectivity index (χ4n) is 2.69. The zero-order chi connectivity index (χ0) is 18.1. The summed E-state index contributed by atoms with van der Waals surface area (Å²) in [7, 11) is 8.22. The molecule has 134 valence electrons. The number of carboxylic acid groups (broad SMARTS) is 1. The van der Waals surface area contributed by atoms with Crippen molar-refractivity contribution in [1.82, 2.24) is 9.80 Å². The molecule has 0 amide bonds. The van der Waals surface area contributed by atoms with Crippen LogP contribution < -0.4 is 4.74 Å². The predicted molar refractivity (Wildman–Crippen MR) is 96.2 cm³/mol. The summed E-state index contributed by atoms with van der Waals surface area (Å²) in [4.78, 5) is 15.3. The van der Waals surface area contributed by atoms with E-state index in [0.717, 1.165) is 25.9 Å². The van der Waals surface area contributed by atoms with E-state index in [9.17, 15) is 4.79 Å². The first-order chi connectivity index (χ1) is 11.4. The fourth-order valence-corrected chi connectivity index (χ4v) is 2.69. The Balaban J connectivity index is 2.54. The molecule has 0 aliphatic heterocycles. The number of carbonyl (C=O) groups is 1. The summed E-state index contributed by atoms with van der Waals surface area (Å²) < 4.78 is 7.84. The molecule has 24 heavy (non-hydrogen) atoms. The van der Waals surface area contributed by atoms with Gasteiger partial charge in [0.1, 0.15) is 5.75 Å². The molecule has 0 fully saturated rings. The van der Waals surface area contributed by atoms with E-state index in [1.807, 2.05) is 0 Å². The number of benzene rings is 1. The van der Waals surface area contributed by atoms with Crippen LogP contribution in [0.25, 0.3) is 0 Å². The molecule has 0 aromatic heterocycles. The molecular formula is C18H30N3O3+. The van der Waals surface area contributed by atoms with Crippen molar-refractivity contribution in [3.05, 3.63) is 29.8 Å². The average Bonchev–Trinajstić information content (AvgIpc) is 2.51. The molecule has 0 bridgehead atoms. The summed E-state index contributed by atoms with van der Waals surface area (Å²) >= 11 is 0. The maximum absolute atomic E-state index is 10.8. The van der Waals surface area contributed by atoms with Gasteiger partial charge in [-0.25, -0.2) is 4.79 Å². The summed E-state index contributed by atoms with van der Waals surface area (Å²) in [5, 5.41) is 8.89. The molecule has 1 N–H and O–H groups in total. The Bertz CT molecular complexity index is 549. The third-order valence-corrected chi connectivity index (χ3v) is 3.52. The van der Waals surface area contributed by atoms with Gasteiger partial charge in [-0.3, -0.25) is 14.4 Å². The van der Waals surface area contributed by atoms with Gasteiger partial charge in [-0.15, -0.1) is 0 Å². The molecule has 1 rings (SSSR count). The molecule has 0 unspecified atom stereocenters. The Morgan fingerprint density at radius 1 is 1.17 bits per heavy atom. The molecule has 0 radical (unpaired) electrons. The predicted octanol–water partition coefficient (Wildman–Crippen LogP) is 2.06. The van der Waals surface area contributed by atoms with Crippen LogP contribution in [-0.4, -0.2) is 79.3 Å². The lowest BCUT2D eigenvalue weighted by Gasteiger charge is -2.24. The first kappa shape index (κ1) is 19.8. The van der Waals surface area contributed by atoms with E-state index in [2.05, 4.69) is 49.5 Å². The van der Waals surface area contributed by atoms with Crippen LogP contribution in [0.3, 0.4) is 0 Å². The highest BCUT2D eigenvalue weighted by Crippen LogP contribution is 2.12. The highest BCUT2D eigenvalue weighted by Gasteiger charge is 2.21. The lowest BCUT2D eigenvalue weighted by atomic mass is 10.2. The molecular weight excluding hydrogens is 306 g/mol. The van der Waals surface area contributed by atoms with E-state index in [4.69, 9.17) is 9.84 Å². The number of rotatable bonds is 8. The Morgan fingerprint density at radius 2 is 1.79 bits per heavy atom. The summed E-state index contributed by atoms with van der Waals surface area (Å²) in [6.07, 6.45) is 1.98. The molecule has 6 nitrogen and oxygen atoms in total. The lowest BCUT2D eigenvalue weighted by molar-refractivity contribution is -0.476. The van der Waals surface area contributed by atoms with Gasteiger partial charge in [-0.2, -0.15) is 0 Å². The molecule has 0 saturated carbocycles. The molecule has 0 aliphatic carbocycles. The second-order valence-corrected chi connectivity index (χ2v) is 6.11. The largest absolute Gasteiger partial charge is 0.493 e. The SMILES string of the molecule is CCCN(CCCOc1ccc(C(=O)O)cc1)C(N(C)C)=[N+](C)C. The van der Waals surface area contributed by atoms with Crippen molar-refractivity contribution in [2.75, 3.05) is 47.9 Å². The van der Waals surface area contributed by atoms with Gasteiger partial charge in [0.15, 0.2) is 0 Å². The molecule has 0 atom stereocenters. The molecule has 0 saturated heterocycles. The zero-order valence-electron chi connectivity index (χ0n) is 15.5. The Labute approximate surface area is 145 Å². The van der Waals surface area contributed by atoms with Crippen LogP contribution in [0.1, 0.15) is 30.1 Å². The minimum atomic E-state index is -0.924. The van der Waals surface area contributed by atoms with E-state index >= 15 is 0 Å². The van der Waals surface area contributed by atoms with E-state index in [0.29, 0.717) is 12.4 Å². The topological polar surface area (TPSA) is 56.0 Å². The highest BCUT2D eigenvalue weighted by molar-refractivity contribution is 5.87. The third kappa shape index (κ3) is 6.10. The summed E-state index contributed by atoms with van der Waals surface area (Å²) in [6.45, 7) is 4.68. The summed E-state index contributed by atoms with van der Waals surface area (Å²) in [6, 6.07) is 6.52. The number of carboxylic acids is 1. The lowest BCUT2D eigenvalue weighted by Crippen LogP contribution is -2.46. The zero-order valence-corrected chi connectivity index (χ0v) is 15.5. The van der Waals surface area contributed by atoms with Crippen LogP contribution >= 0.6 is 0 Å². The minimum absolute atomic E-state index is 0.271. The van der Waals surface area contributed by atoms with Crippen LogP contribution in [0.4, 0.5) is 0 Å². The number of nitrogens with zero attached hydrogens (tertiary/aromatic N) is 3. The van der Waals surface area contributed by atoms with Gasteiger partial charge in [-0.1, -0.05) is 6.92 Å². The van der Waals surface area contributed by atoms with Crippen LogP contribution in [-0.2, 0) is 0 Å². The number of hydrogen-bond acceptors (Lipinski definition) is 2. The van der Waals surface area contributed by atoms with Gasteiger partial charge in [0.05, 0.1) is 53.5 Å². The number of ether oxygens (including phenoxy) is 1. The van der Waals surface area contributed by atoms with Gasteiger partial charge >= 0.3 is 11.9 Å². The van der Waals surface area contributed by atoms with E-state index < -0.39 is 5.97 Å². The highest BCUT2D eigenvalue weighted by atomic mass is 16.5. The Hall–Kier alpha value is -2.24. The second-order valence-electron chi connectivity index (χ2n) is 6.11. The van der Waals surface area contributed by atoms with Crippen LogP contribution in [0.2, 0.25) is 0 Å². The number of guanidine groups is 1. The molecule has 0 heterocycles. The van der Waals surface area contributed by atoms with Crippen molar-refractivity contribution in [2.45, 2.75) is 19.8 Å². The normalized spacial score (nSPS) is 10.2. The summed E-state index contributed by atoms with van der Waals surface area (Å²) in [5.74, 6) is 0.960. The smallest absolute Gasteiger partial charge is 0.349 e. The molecule has 0 aliphatic rings. The number of hydrogen-bond donors (Lipinski definition) is 1. The van der Waals surface area contributed by atoms with Crippen molar-refractivity contribution in [2.24, 2.45) is 0 Å². The molecule has 1 aromatic carbocycles. The first-order valence-corrected chi connectivity index (χ1v) is 8.29. The number of aromatic carboxylic acids is 1. The molecule has 0 spiro atoms. The maximum atomic E-state index is 10.8. The molecule has 1 aromatic rings. The fraction of sp³-hybridized carbons (Fsp3) is 0.556. The third-order valence-electron chi connectivity index (χ3n) is 3.52. The van der Waals surface area contributed by atoms with E-state index in [1.54, 1.807) is 24.3 Å². The van der Waals surface area contributed by atoms with Crippen molar-refractivity contribution in [3.63, 3.8) is 0 Å². The van der Waals surface area contributed by atoms with Crippen LogP contribution in [0, 0.1) is 0 Å². The van der Waals surface area contributed by atoms with Gasteiger partial charge in [0.2, 0.25) is 0 Å². The standard InChI is InChI=1S/C18H29N3O3/c1-6-12-21(18(19(2)3)20(4)5)13-7-14-24-16-10-8-15(9-11-16)17(22)23/h8-11H,6-7,12-14H2,1-5H3/p+1. The van der Waals surface area contributed by atoms with Gasteiger partial charge < -0.3 is 9.84 Å². The van der Waals surface area contributed by atoms with Crippen molar-refractivity contribution < 1.29 is 19.2 Å². The summed E-state index contributed by atoms with van der Waals surface area (Å²) in [5.41, 5.74) is 0.271. The molecule has 6 heteroatoms. The van der Waals surface area contributed by atoms with E-state index in [1.165, 1.54) is 5.96 Å². The van der Waals surface area contributed by atoms with Crippen LogP contribution in [0.15, 0.2) is 24.3 Å². The van der Waals surface area contributed by atoms with Crippen molar-refractivity contribution in [1.29, 1.82) is 0 Å². The monoisotopic (exact) mass is 336 g/mol. The van der Waals surface area contributed by atoms with Gasteiger partial charge in [-0.05, 0) is 30.7 Å². The average molecular weight is 336 g/mol. The van der Waals surface area contributed by atoms with Crippen molar-refractivity contribution >= 4 is 11.9 Å². The van der Waals surface area contributed by atoms with Crippen molar-refractivity contribution in [3.8, 4) is 5.75 Å². The van der Waals surface area contributed by atoms with E-state index in [-0.39, 0.29) is 5.56 Å². The Morgan fingerprint density at radius 3 is 2.25 bits per heavy atom. The Kier molecular flexibility index (Phi) is 8.09. The minimum Gasteiger partial charge on any atom is -0.493 e. The quantitative estimate of drug-likeness (QED) is 0.341.